The lowest BCUT2D eigenvalue weighted by Crippen LogP contribution is -2.24. The third-order valence-corrected chi connectivity index (χ3v) is 4.56. The molecule has 0 bridgehead atoms. The summed E-state index contributed by atoms with van der Waals surface area (Å²) >= 11 is 0. The van der Waals surface area contributed by atoms with Crippen molar-refractivity contribution in [3.05, 3.63) is 35.6 Å². The van der Waals surface area contributed by atoms with Crippen LogP contribution in [0.15, 0.2) is 28.7 Å². The summed E-state index contributed by atoms with van der Waals surface area (Å²) in [5.74, 6) is 2.02. The van der Waals surface area contributed by atoms with Crippen LogP contribution in [0.1, 0.15) is 50.4 Å². The van der Waals surface area contributed by atoms with Gasteiger partial charge in [-0.1, -0.05) is 44.4 Å². The molecule has 0 saturated heterocycles. The van der Waals surface area contributed by atoms with Gasteiger partial charge in [-0.2, -0.15) is 0 Å². The molecule has 0 amide bonds. The number of para-hydroxylation sites is 1. The highest BCUT2D eigenvalue weighted by Gasteiger charge is 2.15. The Bertz CT molecular complexity index is 552. The number of nitrogens with one attached hydrogen (secondary N) is 1. The second-order valence-corrected chi connectivity index (χ2v) is 5.99. The minimum atomic E-state index is 0.881. The van der Waals surface area contributed by atoms with E-state index in [9.17, 15) is 0 Å². The quantitative estimate of drug-likeness (QED) is 0.855. The van der Waals surface area contributed by atoms with Gasteiger partial charge in [0.05, 0.1) is 0 Å². The van der Waals surface area contributed by atoms with Gasteiger partial charge in [-0.3, -0.25) is 0 Å². The maximum atomic E-state index is 5.95. The molecule has 0 atom stereocenters. The standard InChI is InChI=1S/C18H25NO/c1-2-17-16(15-10-6-7-11-18(15)20-17)13-19-12-14-8-4-3-5-9-14/h6-7,10-11,14,19H,2-5,8-9,12-13H2,1H3. The van der Waals surface area contributed by atoms with Crippen LogP contribution < -0.4 is 5.32 Å². The highest BCUT2D eigenvalue weighted by atomic mass is 16.3. The third-order valence-electron chi connectivity index (χ3n) is 4.56. The van der Waals surface area contributed by atoms with Gasteiger partial charge in [0.2, 0.25) is 0 Å². The average Bonchev–Trinajstić information content (AvgIpc) is 2.87. The molecule has 2 aromatic rings. The Morgan fingerprint density at radius 3 is 2.75 bits per heavy atom. The molecule has 1 aromatic carbocycles. The Labute approximate surface area is 121 Å². The van der Waals surface area contributed by atoms with Crippen LogP contribution in [0, 0.1) is 5.92 Å². The molecule has 1 heterocycles. The molecule has 1 N–H and O–H groups in total. The predicted octanol–water partition coefficient (Wildman–Crippen LogP) is 4.67. The number of hydrogen-bond donors (Lipinski definition) is 1. The van der Waals surface area contributed by atoms with Gasteiger partial charge in [0, 0.05) is 23.9 Å². The molecule has 108 valence electrons. The van der Waals surface area contributed by atoms with E-state index in [-0.39, 0.29) is 0 Å². The number of hydrogen-bond acceptors (Lipinski definition) is 2. The fraction of sp³-hybridized carbons (Fsp3) is 0.556. The molecular weight excluding hydrogens is 246 g/mol. The zero-order valence-corrected chi connectivity index (χ0v) is 12.5. The van der Waals surface area contributed by atoms with E-state index in [0.29, 0.717) is 0 Å². The van der Waals surface area contributed by atoms with Crippen LogP contribution in [0.25, 0.3) is 11.0 Å². The van der Waals surface area contributed by atoms with E-state index in [4.69, 9.17) is 4.42 Å². The fourth-order valence-corrected chi connectivity index (χ4v) is 3.42. The minimum absolute atomic E-state index is 0.881. The van der Waals surface area contributed by atoms with Crippen LogP contribution >= 0.6 is 0 Å². The maximum absolute atomic E-state index is 5.95. The van der Waals surface area contributed by atoms with E-state index in [0.717, 1.165) is 36.8 Å². The SMILES string of the molecule is CCc1oc2ccccc2c1CNCC1CCCCC1. The van der Waals surface area contributed by atoms with Crippen molar-refractivity contribution in [3.8, 4) is 0 Å². The summed E-state index contributed by atoms with van der Waals surface area (Å²) < 4.78 is 5.95. The van der Waals surface area contributed by atoms with Crippen molar-refractivity contribution in [3.63, 3.8) is 0 Å². The van der Waals surface area contributed by atoms with Gasteiger partial charge >= 0.3 is 0 Å². The van der Waals surface area contributed by atoms with E-state index >= 15 is 0 Å². The van der Waals surface area contributed by atoms with Crippen LogP contribution in [0.2, 0.25) is 0 Å². The first-order chi connectivity index (χ1) is 9.88. The molecule has 1 aliphatic carbocycles. The van der Waals surface area contributed by atoms with Crippen LogP contribution in [-0.2, 0) is 13.0 Å². The summed E-state index contributed by atoms with van der Waals surface area (Å²) in [6.45, 7) is 4.27. The summed E-state index contributed by atoms with van der Waals surface area (Å²) in [6.07, 6.45) is 8.04. The van der Waals surface area contributed by atoms with Crippen molar-refractivity contribution < 1.29 is 4.42 Å². The molecule has 0 radical (unpaired) electrons. The van der Waals surface area contributed by atoms with Crippen molar-refractivity contribution in [2.24, 2.45) is 5.92 Å². The van der Waals surface area contributed by atoms with Gasteiger partial charge in [0.15, 0.2) is 0 Å². The molecular formula is C18H25NO. The molecule has 2 heteroatoms. The summed E-state index contributed by atoms with van der Waals surface area (Å²) in [4.78, 5) is 0. The van der Waals surface area contributed by atoms with Crippen molar-refractivity contribution in [2.75, 3.05) is 6.54 Å². The maximum Gasteiger partial charge on any atom is 0.134 e. The topological polar surface area (TPSA) is 25.2 Å². The van der Waals surface area contributed by atoms with Gasteiger partial charge < -0.3 is 9.73 Å². The van der Waals surface area contributed by atoms with Gasteiger partial charge in [0.1, 0.15) is 11.3 Å². The number of aryl methyl sites for hydroxylation is 1. The number of furan rings is 1. The average molecular weight is 271 g/mol. The minimum Gasteiger partial charge on any atom is -0.461 e. The molecule has 20 heavy (non-hydrogen) atoms. The predicted molar refractivity (Wildman–Crippen MR) is 83.9 cm³/mol. The molecule has 1 aromatic heterocycles. The smallest absolute Gasteiger partial charge is 0.134 e. The van der Waals surface area contributed by atoms with Gasteiger partial charge in [-0.05, 0) is 31.4 Å². The van der Waals surface area contributed by atoms with Crippen molar-refractivity contribution in [2.45, 2.75) is 52.0 Å². The van der Waals surface area contributed by atoms with Gasteiger partial charge in [-0.25, -0.2) is 0 Å². The summed E-state index contributed by atoms with van der Waals surface area (Å²) in [6, 6.07) is 8.39. The van der Waals surface area contributed by atoms with Gasteiger partial charge in [0.25, 0.3) is 0 Å². The summed E-state index contributed by atoms with van der Waals surface area (Å²) in [5, 5.41) is 4.94. The number of rotatable bonds is 5. The van der Waals surface area contributed by atoms with Crippen LogP contribution in [0.3, 0.4) is 0 Å². The van der Waals surface area contributed by atoms with Crippen molar-refractivity contribution in [1.82, 2.24) is 5.32 Å². The largest absolute Gasteiger partial charge is 0.461 e. The lowest BCUT2D eigenvalue weighted by atomic mass is 9.89. The molecule has 1 fully saturated rings. The zero-order valence-electron chi connectivity index (χ0n) is 12.5. The molecule has 1 saturated carbocycles. The molecule has 2 nitrogen and oxygen atoms in total. The van der Waals surface area contributed by atoms with E-state index in [1.807, 2.05) is 6.07 Å². The highest BCUT2D eigenvalue weighted by Crippen LogP contribution is 2.27. The summed E-state index contributed by atoms with van der Waals surface area (Å²) in [5.41, 5.74) is 2.39. The van der Waals surface area contributed by atoms with Crippen LogP contribution in [0.5, 0.6) is 0 Å². The molecule has 3 rings (SSSR count). The first-order valence-electron chi connectivity index (χ1n) is 8.08. The van der Waals surface area contributed by atoms with Crippen molar-refractivity contribution in [1.29, 1.82) is 0 Å². The number of fused-ring (bicyclic) bond motifs is 1. The molecule has 0 spiro atoms. The first kappa shape index (κ1) is 13.7. The first-order valence-corrected chi connectivity index (χ1v) is 8.08. The molecule has 0 aliphatic heterocycles. The Morgan fingerprint density at radius 2 is 1.95 bits per heavy atom. The highest BCUT2D eigenvalue weighted by molar-refractivity contribution is 5.82. The van der Waals surface area contributed by atoms with Crippen LogP contribution in [-0.4, -0.2) is 6.54 Å². The van der Waals surface area contributed by atoms with E-state index in [2.05, 4.69) is 30.4 Å². The molecule has 1 aliphatic rings. The summed E-state index contributed by atoms with van der Waals surface area (Å²) in [7, 11) is 0. The zero-order chi connectivity index (χ0) is 13.8. The number of benzene rings is 1. The van der Waals surface area contributed by atoms with E-state index < -0.39 is 0 Å². The second kappa shape index (κ2) is 6.45. The lowest BCUT2D eigenvalue weighted by molar-refractivity contribution is 0.341. The third kappa shape index (κ3) is 2.90. The van der Waals surface area contributed by atoms with Crippen molar-refractivity contribution >= 4 is 11.0 Å². The normalized spacial score (nSPS) is 16.9. The van der Waals surface area contributed by atoms with E-state index in [1.165, 1.54) is 43.1 Å². The lowest BCUT2D eigenvalue weighted by Gasteiger charge is -2.21. The fourth-order valence-electron chi connectivity index (χ4n) is 3.42. The van der Waals surface area contributed by atoms with Gasteiger partial charge in [-0.15, -0.1) is 0 Å². The second-order valence-electron chi connectivity index (χ2n) is 5.99. The van der Waals surface area contributed by atoms with Crippen LogP contribution in [0.4, 0.5) is 0 Å². The Hall–Kier alpha value is -1.28. The Kier molecular flexibility index (Phi) is 4.41. The van der Waals surface area contributed by atoms with E-state index in [1.54, 1.807) is 0 Å². The Balaban J connectivity index is 1.66. The Morgan fingerprint density at radius 1 is 1.15 bits per heavy atom. The molecule has 0 unspecified atom stereocenters. The monoisotopic (exact) mass is 271 g/mol.